The minimum atomic E-state index is -0.419. The number of fused-ring (bicyclic) bond motifs is 1. The van der Waals surface area contributed by atoms with Gasteiger partial charge in [0, 0.05) is 13.1 Å². The van der Waals surface area contributed by atoms with Crippen molar-refractivity contribution >= 4 is 11.6 Å². The topological polar surface area (TPSA) is 82.5 Å². The maximum absolute atomic E-state index is 11.6. The maximum Gasteiger partial charge on any atom is 0.339 e. The summed E-state index contributed by atoms with van der Waals surface area (Å²) in [6.07, 6.45) is 1.62. The number of aromatic nitrogens is 4. The molecule has 0 bridgehead atoms. The van der Waals surface area contributed by atoms with Gasteiger partial charge in [-0.25, -0.2) is 9.78 Å². The van der Waals surface area contributed by atoms with Crippen LogP contribution >= 0.6 is 0 Å². The SMILES string of the molecule is COC(=O)c1ccc2nnc(-c3oc(C)nc3C)n2c1. The third-order valence-corrected chi connectivity index (χ3v) is 2.93. The Labute approximate surface area is 114 Å². The Bertz CT molecular complexity index is 803. The summed E-state index contributed by atoms with van der Waals surface area (Å²) < 4.78 is 11.9. The number of ether oxygens (including phenoxy) is 1. The molecule has 0 N–H and O–H groups in total. The lowest BCUT2D eigenvalue weighted by Gasteiger charge is -2.01. The van der Waals surface area contributed by atoms with Gasteiger partial charge in [-0.1, -0.05) is 0 Å². The van der Waals surface area contributed by atoms with Gasteiger partial charge in [-0.05, 0) is 19.1 Å². The maximum atomic E-state index is 11.6. The van der Waals surface area contributed by atoms with Gasteiger partial charge in [0.1, 0.15) is 0 Å². The van der Waals surface area contributed by atoms with Crippen molar-refractivity contribution in [3.05, 3.63) is 35.5 Å². The fourth-order valence-electron chi connectivity index (χ4n) is 2.02. The molecule has 0 radical (unpaired) electrons. The van der Waals surface area contributed by atoms with Crippen LogP contribution in [0.5, 0.6) is 0 Å². The Morgan fingerprint density at radius 3 is 2.75 bits per heavy atom. The van der Waals surface area contributed by atoms with Crippen LogP contribution in [0.1, 0.15) is 21.9 Å². The molecule has 3 rings (SSSR count). The second-order valence-electron chi connectivity index (χ2n) is 4.31. The molecule has 7 heteroatoms. The fourth-order valence-corrected chi connectivity index (χ4v) is 2.02. The van der Waals surface area contributed by atoms with Gasteiger partial charge in [0.25, 0.3) is 0 Å². The Morgan fingerprint density at radius 1 is 1.30 bits per heavy atom. The van der Waals surface area contributed by atoms with Crippen LogP contribution in [0.3, 0.4) is 0 Å². The van der Waals surface area contributed by atoms with Gasteiger partial charge in [-0.15, -0.1) is 10.2 Å². The van der Waals surface area contributed by atoms with Crippen LogP contribution < -0.4 is 0 Å². The molecule has 0 aliphatic heterocycles. The molecule has 0 aromatic carbocycles. The number of hydrogen-bond acceptors (Lipinski definition) is 6. The molecule has 3 heterocycles. The van der Waals surface area contributed by atoms with Gasteiger partial charge in [-0.2, -0.15) is 0 Å². The molecular weight excluding hydrogens is 260 g/mol. The molecule has 0 unspecified atom stereocenters. The zero-order valence-electron chi connectivity index (χ0n) is 11.2. The zero-order valence-corrected chi connectivity index (χ0v) is 11.2. The lowest BCUT2D eigenvalue weighted by molar-refractivity contribution is 0.0600. The lowest BCUT2D eigenvalue weighted by atomic mass is 10.3. The third kappa shape index (κ3) is 1.83. The van der Waals surface area contributed by atoms with Crippen LogP contribution in [-0.2, 0) is 4.74 Å². The van der Waals surface area contributed by atoms with Gasteiger partial charge in [0.15, 0.2) is 17.3 Å². The van der Waals surface area contributed by atoms with Crippen molar-refractivity contribution in [3.8, 4) is 11.6 Å². The van der Waals surface area contributed by atoms with Crippen molar-refractivity contribution < 1.29 is 13.9 Å². The average molecular weight is 272 g/mol. The summed E-state index contributed by atoms with van der Waals surface area (Å²) in [5.41, 5.74) is 1.75. The minimum absolute atomic E-state index is 0.412. The van der Waals surface area contributed by atoms with E-state index in [0.717, 1.165) is 5.69 Å². The summed E-state index contributed by atoms with van der Waals surface area (Å²) in [7, 11) is 1.34. The molecule has 0 aliphatic carbocycles. The van der Waals surface area contributed by atoms with E-state index in [1.165, 1.54) is 7.11 Å². The summed E-state index contributed by atoms with van der Waals surface area (Å²) in [5.74, 6) is 1.18. The Kier molecular flexibility index (Phi) is 2.74. The van der Waals surface area contributed by atoms with E-state index >= 15 is 0 Å². The number of carbonyl (C=O) groups excluding carboxylic acids is 1. The van der Waals surface area contributed by atoms with Crippen molar-refractivity contribution in [1.82, 2.24) is 19.6 Å². The molecular formula is C13H12N4O3. The van der Waals surface area contributed by atoms with Gasteiger partial charge in [-0.3, -0.25) is 4.40 Å². The highest BCUT2D eigenvalue weighted by Crippen LogP contribution is 2.23. The highest BCUT2D eigenvalue weighted by molar-refractivity contribution is 5.89. The normalized spacial score (nSPS) is 10.9. The number of carbonyl (C=O) groups is 1. The van der Waals surface area contributed by atoms with Crippen molar-refractivity contribution in [2.75, 3.05) is 7.11 Å². The highest BCUT2D eigenvalue weighted by atomic mass is 16.5. The Morgan fingerprint density at radius 2 is 2.10 bits per heavy atom. The van der Waals surface area contributed by atoms with Gasteiger partial charge < -0.3 is 9.15 Å². The third-order valence-electron chi connectivity index (χ3n) is 2.93. The Hall–Kier alpha value is -2.70. The first-order chi connectivity index (χ1) is 9.60. The number of aryl methyl sites for hydroxylation is 2. The van der Waals surface area contributed by atoms with Gasteiger partial charge in [0.05, 0.1) is 18.4 Å². The highest BCUT2D eigenvalue weighted by Gasteiger charge is 2.17. The molecule has 0 saturated carbocycles. The predicted molar refractivity (Wildman–Crippen MR) is 69.3 cm³/mol. The summed E-state index contributed by atoms with van der Waals surface area (Å²) >= 11 is 0. The quantitative estimate of drug-likeness (QED) is 0.661. The summed E-state index contributed by atoms with van der Waals surface area (Å²) in [6.45, 7) is 3.59. The van der Waals surface area contributed by atoms with Crippen molar-refractivity contribution in [3.63, 3.8) is 0 Å². The minimum Gasteiger partial charge on any atom is -0.465 e. The molecule has 7 nitrogen and oxygen atoms in total. The van der Waals surface area contributed by atoms with Crippen LogP contribution in [-0.4, -0.2) is 32.7 Å². The first kappa shape index (κ1) is 12.3. The standard InChI is InChI=1S/C13H12N4O3/c1-7-11(20-8(2)14-7)12-16-15-10-5-4-9(6-17(10)12)13(18)19-3/h4-6H,1-3H3. The summed E-state index contributed by atoms with van der Waals surface area (Å²) in [4.78, 5) is 15.8. The van der Waals surface area contributed by atoms with Crippen molar-refractivity contribution in [1.29, 1.82) is 0 Å². The summed E-state index contributed by atoms with van der Waals surface area (Å²) in [6, 6.07) is 3.33. The van der Waals surface area contributed by atoms with Crippen LogP contribution in [0.4, 0.5) is 0 Å². The largest absolute Gasteiger partial charge is 0.465 e. The number of methoxy groups -OCH3 is 1. The van der Waals surface area contributed by atoms with Crippen LogP contribution in [0.25, 0.3) is 17.2 Å². The van der Waals surface area contributed by atoms with Crippen molar-refractivity contribution in [2.45, 2.75) is 13.8 Å². The number of pyridine rings is 1. The number of oxazole rings is 1. The van der Waals surface area contributed by atoms with E-state index in [1.54, 1.807) is 29.7 Å². The predicted octanol–water partition coefficient (Wildman–Crippen LogP) is 1.79. The molecule has 3 aromatic heterocycles. The van der Waals surface area contributed by atoms with Gasteiger partial charge in [0.2, 0.25) is 5.82 Å². The van der Waals surface area contributed by atoms with Crippen LogP contribution in [0.15, 0.2) is 22.7 Å². The molecule has 0 saturated heterocycles. The van der Waals surface area contributed by atoms with E-state index in [2.05, 4.69) is 15.2 Å². The van der Waals surface area contributed by atoms with E-state index in [9.17, 15) is 4.79 Å². The number of hydrogen-bond donors (Lipinski definition) is 0. The molecule has 0 atom stereocenters. The second-order valence-corrected chi connectivity index (χ2v) is 4.31. The zero-order chi connectivity index (χ0) is 14.3. The van der Waals surface area contributed by atoms with Crippen LogP contribution in [0.2, 0.25) is 0 Å². The summed E-state index contributed by atoms with van der Waals surface area (Å²) in [5, 5.41) is 8.14. The molecule has 3 aromatic rings. The van der Waals surface area contributed by atoms with E-state index in [0.29, 0.717) is 28.7 Å². The Balaban J connectivity index is 2.21. The second kappa shape index (κ2) is 4.44. The van der Waals surface area contributed by atoms with E-state index in [-0.39, 0.29) is 0 Å². The van der Waals surface area contributed by atoms with E-state index in [1.807, 2.05) is 6.92 Å². The van der Waals surface area contributed by atoms with Crippen molar-refractivity contribution in [2.24, 2.45) is 0 Å². The van der Waals surface area contributed by atoms with Gasteiger partial charge >= 0.3 is 5.97 Å². The first-order valence-electron chi connectivity index (χ1n) is 5.97. The molecule has 102 valence electrons. The molecule has 0 fully saturated rings. The number of esters is 1. The number of nitrogens with zero attached hydrogens (tertiary/aromatic N) is 4. The number of rotatable bonds is 2. The van der Waals surface area contributed by atoms with E-state index in [4.69, 9.17) is 9.15 Å². The fraction of sp³-hybridized carbons (Fsp3) is 0.231. The molecule has 20 heavy (non-hydrogen) atoms. The van der Waals surface area contributed by atoms with E-state index < -0.39 is 5.97 Å². The monoisotopic (exact) mass is 272 g/mol. The lowest BCUT2D eigenvalue weighted by Crippen LogP contribution is -2.03. The van der Waals surface area contributed by atoms with Crippen LogP contribution in [0, 0.1) is 13.8 Å². The molecule has 0 amide bonds. The first-order valence-corrected chi connectivity index (χ1v) is 5.97. The molecule has 0 spiro atoms. The average Bonchev–Trinajstić information content (AvgIpc) is 2.99. The smallest absolute Gasteiger partial charge is 0.339 e. The molecule has 0 aliphatic rings.